The quantitative estimate of drug-likeness (QED) is 0.0338. The van der Waals surface area contributed by atoms with Gasteiger partial charge < -0.3 is 47.9 Å². The molecule has 340 valence electrons. The number of anilines is 1. The minimum absolute atomic E-state index is 0.0209. The zero-order valence-electron chi connectivity index (χ0n) is 34.9. The van der Waals surface area contributed by atoms with E-state index < -0.39 is 41.4 Å². The van der Waals surface area contributed by atoms with Crippen molar-refractivity contribution in [1.29, 1.82) is 0 Å². The first-order chi connectivity index (χ1) is 30.3. The Balaban J connectivity index is 0.838. The molecule has 1 atom stereocenters. The van der Waals surface area contributed by atoms with Gasteiger partial charge in [-0.15, -0.1) is 0 Å². The van der Waals surface area contributed by atoms with Crippen LogP contribution < -0.4 is 10.6 Å². The van der Waals surface area contributed by atoms with Crippen molar-refractivity contribution in [3.63, 3.8) is 0 Å². The van der Waals surface area contributed by atoms with Crippen LogP contribution in [0.5, 0.6) is 0 Å². The molecule has 1 saturated heterocycles. The van der Waals surface area contributed by atoms with E-state index in [0.29, 0.717) is 106 Å². The van der Waals surface area contributed by atoms with Crippen LogP contribution in [0.15, 0.2) is 48.5 Å². The number of nitrogens with zero attached hydrogens (tertiary/aromatic N) is 1. The van der Waals surface area contributed by atoms with Crippen molar-refractivity contribution >= 4 is 47.0 Å². The van der Waals surface area contributed by atoms with Crippen LogP contribution >= 0.6 is 0 Å². The molecule has 2 heterocycles. The molecule has 1 fully saturated rings. The molecule has 5 amide bonds. The van der Waals surface area contributed by atoms with Crippen LogP contribution in [0.2, 0.25) is 0 Å². The third-order valence-corrected chi connectivity index (χ3v) is 9.22. The minimum atomic E-state index is -1.08. The van der Waals surface area contributed by atoms with E-state index >= 15 is 0 Å². The molecular weight excluding hydrogens is 814 g/mol. The van der Waals surface area contributed by atoms with Crippen molar-refractivity contribution in [3.8, 4) is 0 Å². The number of rotatable bonds is 34. The van der Waals surface area contributed by atoms with Crippen LogP contribution in [-0.2, 0) is 61.8 Å². The summed E-state index contributed by atoms with van der Waals surface area (Å²) >= 11 is 0. The molecule has 2 aliphatic rings. The number of Topliss-reactive ketones (excluding diaryl/α,β-unsaturated/α-hetero) is 1. The highest BCUT2D eigenvalue weighted by atomic mass is 16.6. The smallest absolute Gasteiger partial charge is 0.379 e. The van der Waals surface area contributed by atoms with Crippen LogP contribution in [0, 0.1) is 0 Å². The van der Waals surface area contributed by atoms with Crippen LogP contribution in [0.25, 0.3) is 0 Å². The van der Waals surface area contributed by atoms with E-state index in [2.05, 4.69) is 10.6 Å². The van der Waals surface area contributed by atoms with Gasteiger partial charge in [0.15, 0.2) is 0 Å². The number of imide groups is 2. The van der Waals surface area contributed by atoms with Gasteiger partial charge in [0.1, 0.15) is 12.6 Å². The van der Waals surface area contributed by atoms with Crippen LogP contribution in [-0.4, -0.2) is 165 Å². The molecule has 0 aliphatic carbocycles. The monoisotopic (exact) mass is 871 g/mol. The molecule has 62 heavy (non-hydrogen) atoms. The van der Waals surface area contributed by atoms with Gasteiger partial charge in [0, 0.05) is 25.0 Å². The normalized spacial score (nSPS) is 14.8. The lowest BCUT2D eigenvalue weighted by Crippen LogP contribution is -2.54. The predicted octanol–water partition coefficient (Wildman–Crippen LogP) is 2.15. The molecule has 2 aliphatic heterocycles. The molecular formula is C43H57N3O16. The molecule has 0 bridgehead atoms. The van der Waals surface area contributed by atoms with Gasteiger partial charge in [0.05, 0.1) is 116 Å². The highest BCUT2D eigenvalue weighted by Crippen LogP contribution is 2.32. The molecule has 2 aromatic rings. The first-order valence-corrected chi connectivity index (χ1v) is 20.8. The summed E-state index contributed by atoms with van der Waals surface area (Å²) in [5.74, 6) is -4.35. The number of hydrogen-bond donors (Lipinski definition) is 2. The van der Waals surface area contributed by atoms with Crippen molar-refractivity contribution in [3.05, 3.63) is 65.2 Å². The molecule has 0 radical (unpaired) electrons. The Bertz CT molecular complexity index is 1740. The topological polar surface area (TPSA) is 230 Å². The Morgan fingerprint density at radius 3 is 1.63 bits per heavy atom. The maximum absolute atomic E-state index is 13.2. The summed E-state index contributed by atoms with van der Waals surface area (Å²) in [5.41, 5.74) is 0.642. The van der Waals surface area contributed by atoms with E-state index in [1.165, 1.54) is 6.07 Å². The largest absolute Gasteiger partial charge is 0.457 e. The number of amides is 5. The van der Waals surface area contributed by atoms with Gasteiger partial charge >= 0.3 is 5.97 Å². The fourth-order valence-electron chi connectivity index (χ4n) is 6.11. The first-order valence-electron chi connectivity index (χ1n) is 20.8. The lowest BCUT2D eigenvalue weighted by molar-refractivity contribution is -0.140. The number of carbonyl (C=O) groups excluding carboxylic acids is 7. The third-order valence-electron chi connectivity index (χ3n) is 9.22. The van der Waals surface area contributed by atoms with Crippen LogP contribution in [0.3, 0.4) is 0 Å². The van der Waals surface area contributed by atoms with Crippen LogP contribution in [0.4, 0.5) is 5.69 Å². The summed E-state index contributed by atoms with van der Waals surface area (Å²) in [7, 11) is 0. The first kappa shape index (κ1) is 49.7. The predicted molar refractivity (Wildman–Crippen MR) is 218 cm³/mol. The van der Waals surface area contributed by atoms with E-state index in [0.717, 1.165) is 17.7 Å². The van der Waals surface area contributed by atoms with E-state index in [9.17, 15) is 33.6 Å². The second-order valence-corrected chi connectivity index (χ2v) is 13.8. The third kappa shape index (κ3) is 17.8. The molecule has 19 nitrogen and oxygen atoms in total. The molecule has 0 spiro atoms. The van der Waals surface area contributed by atoms with Gasteiger partial charge in [-0.1, -0.05) is 42.8 Å². The highest BCUT2D eigenvalue weighted by Gasteiger charge is 2.45. The Morgan fingerprint density at radius 1 is 0.581 bits per heavy atom. The molecule has 0 aromatic heterocycles. The van der Waals surface area contributed by atoms with E-state index in [-0.39, 0.29) is 60.8 Å². The molecule has 19 heteroatoms. The van der Waals surface area contributed by atoms with Gasteiger partial charge in [-0.2, -0.15) is 0 Å². The lowest BCUT2D eigenvalue weighted by Gasteiger charge is -2.27. The second-order valence-electron chi connectivity index (χ2n) is 13.8. The van der Waals surface area contributed by atoms with Gasteiger partial charge in [0.25, 0.3) is 17.6 Å². The molecule has 0 saturated carbocycles. The van der Waals surface area contributed by atoms with Crippen molar-refractivity contribution < 1.29 is 76.2 Å². The van der Waals surface area contributed by atoms with Gasteiger partial charge in [-0.05, 0) is 31.4 Å². The van der Waals surface area contributed by atoms with Crippen LogP contribution in [0.1, 0.15) is 69.6 Å². The molecule has 2 aromatic carbocycles. The van der Waals surface area contributed by atoms with Gasteiger partial charge in [0.2, 0.25) is 17.7 Å². The number of ether oxygens (including phenoxy) is 9. The summed E-state index contributed by atoms with van der Waals surface area (Å²) < 4.78 is 48.7. The maximum Gasteiger partial charge on any atom is 0.379 e. The average Bonchev–Trinajstić information content (AvgIpc) is 3.53. The van der Waals surface area contributed by atoms with Crippen molar-refractivity contribution in [2.75, 3.05) is 118 Å². The van der Waals surface area contributed by atoms with E-state index in [4.69, 9.17) is 42.6 Å². The number of benzene rings is 2. The highest BCUT2D eigenvalue weighted by molar-refractivity contribution is 6.40. The number of fused-ring (bicyclic) bond motifs is 1. The summed E-state index contributed by atoms with van der Waals surface area (Å²) in [6.07, 6.45) is 2.40. The Morgan fingerprint density at radius 2 is 1.10 bits per heavy atom. The summed E-state index contributed by atoms with van der Waals surface area (Å²) in [4.78, 5) is 87.2. The number of ketones is 1. The second kappa shape index (κ2) is 29.3. The standard InChI is InChI=1S/C43H57N3O16/c47-36(44-34-11-7-10-33-38(34)42(52)46(41(33)51)35-13-14-37(48)45-40(35)50)12-5-2-6-15-54-16-17-55-18-19-56-20-21-57-22-23-58-24-25-59-26-27-60-28-29-61-30-31-62-43(53)39(49)32-8-3-1-4-9-32/h1,3-4,7-11,35H,2,5-6,12-31H2,(H,44,47)(H,45,48,50). The van der Waals surface area contributed by atoms with Crippen molar-refractivity contribution in [2.24, 2.45) is 0 Å². The fraction of sp³-hybridized carbons (Fsp3) is 0.558. The number of esters is 1. The van der Waals surface area contributed by atoms with Gasteiger partial charge in [-0.3, -0.25) is 39.0 Å². The van der Waals surface area contributed by atoms with E-state index in [1.807, 2.05) is 0 Å². The fourth-order valence-corrected chi connectivity index (χ4v) is 6.11. The van der Waals surface area contributed by atoms with Crippen molar-refractivity contribution in [1.82, 2.24) is 10.2 Å². The number of unbranched alkanes of at least 4 members (excludes halogenated alkanes) is 2. The Hall–Kier alpha value is -4.99. The molecule has 1 unspecified atom stereocenters. The van der Waals surface area contributed by atoms with E-state index in [1.54, 1.807) is 42.5 Å². The summed E-state index contributed by atoms with van der Waals surface area (Å²) in [5, 5.41) is 4.90. The number of nitrogens with one attached hydrogen (secondary N) is 2. The number of carbonyl (C=O) groups is 7. The summed E-state index contributed by atoms with van der Waals surface area (Å²) in [6.45, 7) is 6.46. The molecule has 2 N–H and O–H groups in total. The lowest BCUT2D eigenvalue weighted by atomic mass is 10.0. The minimum Gasteiger partial charge on any atom is -0.457 e. The zero-order chi connectivity index (χ0) is 44.2. The Labute approximate surface area is 360 Å². The van der Waals surface area contributed by atoms with Crippen molar-refractivity contribution in [2.45, 2.75) is 44.6 Å². The average molecular weight is 872 g/mol. The number of piperidine rings is 1. The maximum atomic E-state index is 13.2. The SMILES string of the molecule is O=C1CCC(N2C(=O)c3cccc(NC(=O)CCCCCOCCOCCOCCOCCOCCOCCOCCOCCOC(=O)C(=O)c4ccccc4)c3C2=O)C(=O)N1. The Kier molecular flexibility index (Phi) is 23.5. The van der Waals surface area contributed by atoms with Gasteiger partial charge in [-0.25, -0.2) is 4.79 Å². The number of hydrogen-bond acceptors (Lipinski definition) is 16. The zero-order valence-corrected chi connectivity index (χ0v) is 34.9. The summed E-state index contributed by atoms with van der Waals surface area (Å²) in [6, 6.07) is 11.7. The molecule has 4 rings (SSSR count).